The molecule has 9 heteroatoms. The summed E-state index contributed by atoms with van der Waals surface area (Å²) >= 11 is 7.27. The predicted molar refractivity (Wildman–Crippen MR) is 151 cm³/mol. The fourth-order valence-electron chi connectivity index (χ4n) is 4.27. The normalized spacial score (nSPS) is 15.2. The number of ether oxygens (including phenoxy) is 4. The molecule has 2 aliphatic heterocycles. The molecule has 2 heterocycles. The largest absolute Gasteiger partial charge is 0.490 e. The smallest absolute Gasteiger partial charge is 0.293 e. The number of carbonyl (C=O) groups is 2. The average Bonchev–Trinajstić information content (AvgIpc) is 3.48. The molecule has 3 aromatic rings. The summed E-state index contributed by atoms with van der Waals surface area (Å²) in [6.45, 7) is 6.72. The van der Waals surface area contributed by atoms with Crippen molar-refractivity contribution in [3.8, 4) is 23.0 Å². The maximum absolute atomic E-state index is 13.3. The minimum atomic E-state index is -0.397. The first kappa shape index (κ1) is 26.7. The second kappa shape index (κ2) is 11.9. The van der Waals surface area contributed by atoms with Gasteiger partial charge in [-0.05, 0) is 66.1 Å². The summed E-state index contributed by atoms with van der Waals surface area (Å²) < 4.78 is 22.9. The third kappa shape index (κ3) is 5.92. The van der Waals surface area contributed by atoms with Crippen LogP contribution in [0.4, 0.5) is 4.79 Å². The van der Waals surface area contributed by atoms with E-state index in [9.17, 15) is 9.59 Å². The van der Waals surface area contributed by atoms with Crippen molar-refractivity contribution >= 4 is 40.6 Å². The molecule has 0 saturated carbocycles. The Morgan fingerprint density at radius 1 is 1.05 bits per heavy atom. The zero-order valence-electron chi connectivity index (χ0n) is 21.3. The lowest BCUT2D eigenvalue weighted by molar-refractivity contribution is -0.123. The molecule has 0 N–H and O–H groups in total. The van der Waals surface area contributed by atoms with Crippen molar-refractivity contribution in [2.75, 3.05) is 13.4 Å². The monoisotopic (exact) mass is 563 g/mol. The van der Waals surface area contributed by atoms with Gasteiger partial charge in [0.25, 0.3) is 11.1 Å². The van der Waals surface area contributed by atoms with Crippen molar-refractivity contribution in [3.63, 3.8) is 0 Å². The van der Waals surface area contributed by atoms with Gasteiger partial charge in [-0.25, -0.2) is 0 Å². The number of rotatable bonds is 10. The Balaban J connectivity index is 1.41. The standard InChI is InChI=1S/C30H26ClNO6S/c1-3-8-21-11-20(12-26(35-4-2)28(21)36-17-19-9-6-5-7-10-19)13-27-29(33)32(30(34)39-27)16-22-14-24-25(15-23(22)31)38-18-37-24/h3,5-7,9-15H,1,4,8,16-18H2,2H3/b27-13-. The van der Waals surface area contributed by atoms with Crippen molar-refractivity contribution < 1.29 is 28.5 Å². The van der Waals surface area contributed by atoms with Gasteiger partial charge in [0.15, 0.2) is 23.0 Å². The van der Waals surface area contributed by atoms with E-state index in [0.29, 0.717) is 63.7 Å². The molecule has 2 aliphatic rings. The first-order valence-corrected chi connectivity index (χ1v) is 13.6. The Morgan fingerprint density at radius 2 is 1.82 bits per heavy atom. The van der Waals surface area contributed by atoms with Gasteiger partial charge in [0.05, 0.1) is 18.1 Å². The molecule has 0 aromatic heterocycles. The number of imide groups is 1. The molecule has 0 bridgehead atoms. The maximum Gasteiger partial charge on any atom is 0.293 e. The SMILES string of the molecule is C=CCc1cc(/C=C2\SC(=O)N(Cc3cc4c(cc3Cl)OCO4)C2=O)cc(OCC)c1OCc1ccccc1. The van der Waals surface area contributed by atoms with E-state index in [1.165, 1.54) is 4.90 Å². The molecule has 200 valence electrons. The van der Waals surface area contributed by atoms with Gasteiger partial charge in [-0.1, -0.05) is 48.0 Å². The van der Waals surface area contributed by atoms with E-state index in [0.717, 1.165) is 22.9 Å². The highest BCUT2D eigenvalue weighted by Gasteiger charge is 2.36. The van der Waals surface area contributed by atoms with Crippen LogP contribution < -0.4 is 18.9 Å². The fourth-order valence-corrected chi connectivity index (χ4v) is 5.32. The van der Waals surface area contributed by atoms with E-state index in [-0.39, 0.29) is 18.6 Å². The van der Waals surface area contributed by atoms with Gasteiger partial charge in [0.2, 0.25) is 6.79 Å². The van der Waals surface area contributed by atoms with E-state index >= 15 is 0 Å². The van der Waals surface area contributed by atoms with Crippen LogP contribution in [0.2, 0.25) is 5.02 Å². The summed E-state index contributed by atoms with van der Waals surface area (Å²) in [5.41, 5.74) is 3.21. The minimum absolute atomic E-state index is 0.0235. The van der Waals surface area contributed by atoms with Crippen LogP contribution in [-0.4, -0.2) is 29.4 Å². The van der Waals surface area contributed by atoms with Crippen LogP contribution in [0.1, 0.15) is 29.2 Å². The molecule has 1 fully saturated rings. The quantitative estimate of drug-likeness (QED) is 0.194. The molecular weight excluding hydrogens is 538 g/mol. The number of nitrogens with zero attached hydrogens (tertiary/aromatic N) is 1. The summed E-state index contributed by atoms with van der Waals surface area (Å²) in [5.74, 6) is 1.86. The van der Waals surface area contributed by atoms with Crippen molar-refractivity contribution in [2.24, 2.45) is 0 Å². The Kier molecular flexibility index (Phi) is 8.14. The lowest BCUT2D eigenvalue weighted by atomic mass is 10.0. The molecule has 3 aromatic carbocycles. The highest BCUT2D eigenvalue weighted by Crippen LogP contribution is 2.40. The summed E-state index contributed by atoms with van der Waals surface area (Å²) in [5, 5.41) is 0.0166. The highest BCUT2D eigenvalue weighted by molar-refractivity contribution is 8.18. The number of carbonyl (C=O) groups excluding carboxylic acids is 2. The van der Waals surface area contributed by atoms with Crippen LogP contribution in [0, 0.1) is 0 Å². The molecule has 7 nitrogen and oxygen atoms in total. The molecule has 0 unspecified atom stereocenters. The van der Waals surface area contributed by atoms with Crippen LogP contribution in [0.25, 0.3) is 6.08 Å². The highest BCUT2D eigenvalue weighted by atomic mass is 35.5. The van der Waals surface area contributed by atoms with Crippen molar-refractivity contribution in [3.05, 3.63) is 99.4 Å². The van der Waals surface area contributed by atoms with Gasteiger partial charge >= 0.3 is 0 Å². The first-order chi connectivity index (χ1) is 19.0. The maximum atomic E-state index is 13.3. The zero-order chi connectivity index (χ0) is 27.4. The zero-order valence-corrected chi connectivity index (χ0v) is 22.8. The van der Waals surface area contributed by atoms with Crippen molar-refractivity contribution in [2.45, 2.75) is 26.5 Å². The van der Waals surface area contributed by atoms with E-state index in [1.54, 1.807) is 24.3 Å². The number of allylic oxidation sites excluding steroid dienone is 1. The molecule has 1 saturated heterocycles. The number of benzene rings is 3. The van der Waals surface area contributed by atoms with Gasteiger partial charge in [-0.15, -0.1) is 6.58 Å². The number of amides is 2. The van der Waals surface area contributed by atoms with Crippen LogP contribution in [0.5, 0.6) is 23.0 Å². The van der Waals surface area contributed by atoms with Crippen LogP contribution in [0.3, 0.4) is 0 Å². The van der Waals surface area contributed by atoms with Crippen LogP contribution in [0.15, 0.2) is 72.2 Å². The fraction of sp³-hybridized carbons (Fsp3) is 0.200. The second-order valence-electron chi connectivity index (χ2n) is 8.77. The van der Waals surface area contributed by atoms with Gasteiger partial charge in [0.1, 0.15) is 6.61 Å². The number of thioether (sulfide) groups is 1. The molecule has 2 amide bonds. The topological polar surface area (TPSA) is 74.3 Å². The van der Waals surface area contributed by atoms with E-state index in [2.05, 4.69) is 6.58 Å². The predicted octanol–water partition coefficient (Wildman–Crippen LogP) is 7.01. The third-order valence-electron chi connectivity index (χ3n) is 6.09. The van der Waals surface area contributed by atoms with Gasteiger partial charge < -0.3 is 18.9 Å². The van der Waals surface area contributed by atoms with Gasteiger partial charge in [0, 0.05) is 16.7 Å². The summed E-state index contributed by atoms with van der Waals surface area (Å²) in [6.07, 6.45) is 4.02. The van der Waals surface area contributed by atoms with E-state index in [4.69, 9.17) is 30.5 Å². The van der Waals surface area contributed by atoms with Crippen molar-refractivity contribution in [1.82, 2.24) is 4.90 Å². The van der Waals surface area contributed by atoms with Gasteiger partial charge in [-0.2, -0.15) is 0 Å². The first-order valence-electron chi connectivity index (χ1n) is 12.4. The number of hydrogen-bond donors (Lipinski definition) is 0. The van der Waals surface area contributed by atoms with E-state index < -0.39 is 5.91 Å². The van der Waals surface area contributed by atoms with Crippen LogP contribution in [-0.2, 0) is 24.4 Å². The lowest BCUT2D eigenvalue weighted by Crippen LogP contribution is -2.27. The molecular formula is C30H26ClNO6S. The number of hydrogen-bond acceptors (Lipinski definition) is 7. The Labute approximate surface area is 235 Å². The Morgan fingerprint density at radius 3 is 2.56 bits per heavy atom. The molecule has 0 spiro atoms. The van der Waals surface area contributed by atoms with Crippen molar-refractivity contribution in [1.29, 1.82) is 0 Å². The van der Waals surface area contributed by atoms with Gasteiger partial charge in [-0.3, -0.25) is 14.5 Å². The van der Waals surface area contributed by atoms with Crippen LogP contribution >= 0.6 is 23.4 Å². The van der Waals surface area contributed by atoms with E-state index in [1.807, 2.05) is 49.4 Å². The summed E-state index contributed by atoms with van der Waals surface area (Å²) in [7, 11) is 0. The average molecular weight is 564 g/mol. The molecule has 5 rings (SSSR count). The Hall–Kier alpha value is -3.88. The second-order valence-corrected chi connectivity index (χ2v) is 10.2. The summed E-state index contributed by atoms with van der Waals surface area (Å²) in [6, 6.07) is 16.9. The molecule has 0 radical (unpaired) electrons. The number of fused-ring (bicyclic) bond motifs is 1. The number of halogens is 1. The molecule has 0 aliphatic carbocycles. The third-order valence-corrected chi connectivity index (χ3v) is 7.34. The molecule has 0 atom stereocenters. The lowest BCUT2D eigenvalue weighted by Gasteiger charge is -2.17. The Bertz CT molecular complexity index is 1460. The summed E-state index contributed by atoms with van der Waals surface area (Å²) in [4.78, 5) is 27.6. The minimum Gasteiger partial charge on any atom is -0.490 e. The molecule has 39 heavy (non-hydrogen) atoms.